The van der Waals surface area contributed by atoms with Crippen molar-refractivity contribution < 1.29 is 14.7 Å². The first kappa shape index (κ1) is 8.00. The van der Waals surface area contributed by atoms with Gasteiger partial charge in [0, 0.05) is 6.04 Å². The molecule has 1 aliphatic carbocycles. The van der Waals surface area contributed by atoms with E-state index >= 15 is 0 Å². The summed E-state index contributed by atoms with van der Waals surface area (Å²) in [5.74, 6) is -0.678. The van der Waals surface area contributed by atoms with Gasteiger partial charge >= 0.3 is 6.03 Å². The van der Waals surface area contributed by atoms with Crippen LogP contribution in [0.25, 0.3) is 0 Å². The summed E-state index contributed by atoms with van der Waals surface area (Å²) in [6, 6.07) is -0.298. The predicted molar refractivity (Wildman–Crippen MR) is 36.8 cm³/mol. The molecule has 0 aliphatic heterocycles. The lowest BCUT2D eigenvalue weighted by molar-refractivity contribution is -0.122. The van der Waals surface area contributed by atoms with E-state index in [1.54, 1.807) is 0 Å². The van der Waals surface area contributed by atoms with Gasteiger partial charge in [-0.15, -0.1) is 0 Å². The zero-order valence-electron chi connectivity index (χ0n) is 5.96. The smallest absolute Gasteiger partial charge is 0.321 e. The molecule has 3 amide bonds. The minimum Gasteiger partial charge on any atom is -0.387 e. The topological polar surface area (TPSA) is 78.4 Å². The van der Waals surface area contributed by atoms with Crippen LogP contribution in [-0.2, 0) is 4.79 Å². The molecule has 1 rings (SSSR count). The lowest BCUT2D eigenvalue weighted by Gasteiger charge is -2.02. The Bertz CT molecular complexity index is 177. The Morgan fingerprint density at radius 3 is 2.55 bits per heavy atom. The van der Waals surface area contributed by atoms with Crippen LogP contribution in [0.4, 0.5) is 4.79 Å². The van der Waals surface area contributed by atoms with Gasteiger partial charge in [0.1, 0.15) is 6.61 Å². The molecule has 0 atom stereocenters. The van der Waals surface area contributed by atoms with Crippen LogP contribution in [0.1, 0.15) is 12.8 Å². The van der Waals surface area contributed by atoms with Crippen LogP contribution in [0.2, 0.25) is 0 Å². The number of nitrogens with one attached hydrogen (secondary N) is 2. The number of hydrogen-bond acceptors (Lipinski definition) is 3. The van der Waals surface area contributed by atoms with Crippen LogP contribution in [0.5, 0.6) is 0 Å². The third-order valence-electron chi connectivity index (χ3n) is 1.31. The molecule has 1 fully saturated rings. The first-order valence-electron chi connectivity index (χ1n) is 3.43. The largest absolute Gasteiger partial charge is 0.387 e. The van der Waals surface area contributed by atoms with Gasteiger partial charge in [-0.25, -0.2) is 4.79 Å². The number of carbonyl (C=O) groups excluding carboxylic acids is 2. The molecule has 0 radical (unpaired) electrons. The van der Waals surface area contributed by atoms with Crippen LogP contribution in [0, 0.1) is 0 Å². The molecule has 5 heteroatoms. The van der Waals surface area contributed by atoms with E-state index in [1.165, 1.54) is 0 Å². The molecule has 0 heterocycles. The molecule has 1 aliphatic rings. The first-order chi connectivity index (χ1) is 5.22. The van der Waals surface area contributed by atoms with Crippen LogP contribution < -0.4 is 10.6 Å². The molecule has 0 aromatic heterocycles. The third-order valence-corrected chi connectivity index (χ3v) is 1.31. The lowest BCUT2D eigenvalue weighted by atomic mass is 10.6. The molecule has 3 N–H and O–H groups in total. The molecule has 11 heavy (non-hydrogen) atoms. The summed E-state index contributed by atoms with van der Waals surface area (Å²) in [7, 11) is 0. The number of urea groups is 1. The number of aliphatic hydroxyl groups excluding tert-OH is 1. The Hall–Kier alpha value is -1.10. The van der Waals surface area contributed by atoms with Crippen molar-refractivity contribution in [3.63, 3.8) is 0 Å². The second-order valence-corrected chi connectivity index (χ2v) is 2.45. The van der Waals surface area contributed by atoms with E-state index in [0.717, 1.165) is 12.8 Å². The highest BCUT2D eigenvalue weighted by Crippen LogP contribution is 2.17. The standard InChI is InChI=1S/C6H10N2O3/c9-3-5(10)8-6(11)7-4-1-2-4/h4,9H,1-3H2,(H2,7,8,10,11). The zero-order chi connectivity index (χ0) is 8.27. The van der Waals surface area contributed by atoms with Gasteiger partial charge in [0.25, 0.3) is 5.91 Å². The van der Waals surface area contributed by atoms with Gasteiger partial charge in [0.05, 0.1) is 0 Å². The quantitative estimate of drug-likeness (QED) is 0.480. The van der Waals surface area contributed by atoms with Crippen LogP contribution >= 0.6 is 0 Å². The molecule has 1 saturated carbocycles. The molecule has 0 spiro atoms. The molecule has 62 valence electrons. The molecule has 0 aromatic carbocycles. The lowest BCUT2D eigenvalue weighted by Crippen LogP contribution is -2.41. The number of imide groups is 1. The summed E-state index contributed by atoms with van der Waals surface area (Å²) in [5.41, 5.74) is 0. The van der Waals surface area contributed by atoms with Gasteiger partial charge in [-0.1, -0.05) is 0 Å². The summed E-state index contributed by atoms with van der Waals surface area (Å²) < 4.78 is 0. The monoisotopic (exact) mass is 158 g/mol. The maximum atomic E-state index is 10.7. The Morgan fingerprint density at radius 1 is 1.45 bits per heavy atom. The van der Waals surface area contributed by atoms with Crippen molar-refractivity contribution in [1.29, 1.82) is 0 Å². The van der Waals surface area contributed by atoms with Crippen molar-refractivity contribution in [3.8, 4) is 0 Å². The van der Waals surface area contributed by atoms with Crippen LogP contribution in [-0.4, -0.2) is 29.7 Å². The Labute approximate surface area is 63.8 Å². The summed E-state index contributed by atoms with van der Waals surface area (Å²) in [5, 5.41) is 12.7. The maximum absolute atomic E-state index is 10.7. The van der Waals surface area contributed by atoms with E-state index in [9.17, 15) is 9.59 Å². The normalized spacial score (nSPS) is 15.7. The highest BCUT2D eigenvalue weighted by molar-refractivity contribution is 5.94. The average Bonchev–Trinajstić information content (AvgIpc) is 2.71. The molecule has 0 bridgehead atoms. The second-order valence-electron chi connectivity index (χ2n) is 2.45. The summed E-state index contributed by atoms with van der Waals surface area (Å²) in [4.78, 5) is 21.1. The Balaban J connectivity index is 2.13. The van der Waals surface area contributed by atoms with Gasteiger partial charge < -0.3 is 10.4 Å². The molecule has 0 unspecified atom stereocenters. The number of rotatable bonds is 2. The van der Waals surface area contributed by atoms with Crippen molar-refractivity contribution >= 4 is 11.9 Å². The molecule has 5 nitrogen and oxygen atoms in total. The molecule has 0 aromatic rings. The third kappa shape index (κ3) is 2.99. The van der Waals surface area contributed by atoms with Gasteiger partial charge in [0.15, 0.2) is 0 Å². The fourth-order valence-electron chi connectivity index (χ4n) is 0.615. The van der Waals surface area contributed by atoms with Gasteiger partial charge in [0.2, 0.25) is 0 Å². The average molecular weight is 158 g/mol. The van der Waals surface area contributed by atoms with Gasteiger partial charge in [-0.05, 0) is 12.8 Å². The Morgan fingerprint density at radius 2 is 2.09 bits per heavy atom. The number of aliphatic hydroxyl groups is 1. The second kappa shape index (κ2) is 3.34. The summed E-state index contributed by atoms with van der Waals surface area (Å²) in [6.07, 6.45) is 1.95. The predicted octanol–water partition coefficient (Wildman–Crippen LogP) is -1.03. The minimum atomic E-state index is -0.678. The minimum absolute atomic E-state index is 0.224. The zero-order valence-corrected chi connectivity index (χ0v) is 5.96. The molecular formula is C6H10N2O3. The summed E-state index contributed by atoms with van der Waals surface area (Å²) >= 11 is 0. The van der Waals surface area contributed by atoms with Crippen LogP contribution in [0.3, 0.4) is 0 Å². The molecule has 0 saturated heterocycles. The van der Waals surface area contributed by atoms with E-state index in [1.807, 2.05) is 5.32 Å². The Kier molecular flexibility index (Phi) is 2.43. The SMILES string of the molecule is O=C(CO)NC(=O)NC1CC1. The summed E-state index contributed by atoms with van der Waals surface area (Å²) in [6.45, 7) is -0.655. The number of carbonyl (C=O) groups is 2. The maximum Gasteiger partial charge on any atom is 0.321 e. The highest BCUT2D eigenvalue weighted by Gasteiger charge is 2.23. The highest BCUT2D eigenvalue weighted by atomic mass is 16.3. The van der Waals surface area contributed by atoms with Crippen molar-refractivity contribution in [2.45, 2.75) is 18.9 Å². The van der Waals surface area contributed by atoms with Crippen molar-refractivity contribution in [2.24, 2.45) is 0 Å². The van der Waals surface area contributed by atoms with E-state index in [-0.39, 0.29) is 6.04 Å². The van der Waals surface area contributed by atoms with E-state index in [4.69, 9.17) is 5.11 Å². The first-order valence-corrected chi connectivity index (χ1v) is 3.43. The van der Waals surface area contributed by atoms with E-state index < -0.39 is 18.5 Å². The van der Waals surface area contributed by atoms with Gasteiger partial charge in [-0.3, -0.25) is 10.1 Å². The fraction of sp³-hybridized carbons (Fsp3) is 0.667. The van der Waals surface area contributed by atoms with E-state index in [2.05, 4.69) is 5.32 Å². The van der Waals surface area contributed by atoms with Gasteiger partial charge in [-0.2, -0.15) is 0 Å². The van der Waals surface area contributed by atoms with Crippen LogP contribution in [0.15, 0.2) is 0 Å². The number of hydrogen-bond donors (Lipinski definition) is 3. The number of amides is 3. The fourth-order valence-corrected chi connectivity index (χ4v) is 0.615. The van der Waals surface area contributed by atoms with Crippen molar-refractivity contribution in [3.05, 3.63) is 0 Å². The van der Waals surface area contributed by atoms with Crippen molar-refractivity contribution in [1.82, 2.24) is 10.6 Å². The van der Waals surface area contributed by atoms with Crippen molar-refractivity contribution in [2.75, 3.05) is 6.61 Å². The molecular weight excluding hydrogens is 148 g/mol. The van der Waals surface area contributed by atoms with E-state index in [0.29, 0.717) is 0 Å².